The molecule has 0 saturated heterocycles. The van der Waals surface area contributed by atoms with Crippen LogP contribution in [-0.2, 0) is 0 Å². The first-order valence-electron chi connectivity index (χ1n) is 5.91. The lowest BCUT2D eigenvalue weighted by Gasteiger charge is -2.28. The minimum absolute atomic E-state index is 0.379. The maximum atomic E-state index is 3.61. The molecule has 1 aliphatic rings. The third-order valence-electron chi connectivity index (χ3n) is 3.33. The fourth-order valence-corrected chi connectivity index (χ4v) is 1.72. The summed E-state index contributed by atoms with van der Waals surface area (Å²) in [6.07, 6.45) is 7.70. The quantitative estimate of drug-likeness (QED) is 0.677. The summed E-state index contributed by atoms with van der Waals surface area (Å²) in [4.78, 5) is 0. The Hall–Kier alpha value is -0.300. The summed E-state index contributed by atoms with van der Waals surface area (Å²) in [7, 11) is 0. The van der Waals surface area contributed by atoms with E-state index in [-0.39, 0.29) is 0 Å². The highest BCUT2D eigenvalue weighted by Gasteiger charge is 2.18. The average molecular weight is 195 g/mol. The Morgan fingerprint density at radius 2 is 2.14 bits per heavy atom. The number of allylic oxidation sites excluding steroid dienone is 1. The Kier molecular flexibility index (Phi) is 4.18. The lowest BCUT2D eigenvalue weighted by Crippen LogP contribution is -2.38. The van der Waals surface area contributed by atoms with E-state index >= 15 is 0 Å². The van der Waals surface area contributed by atoms with Crippen LogP contribution in [0.25, 0.3) is 0 Å². The molecule has 0 bridgehead atoms. The second-order valence-electron chi connectivity index (χ2n) is 5.55. The van der Waals surface area contributed by atoms with Crippen LogP contribution in [0.5, 0.6) is 0 Å². The third kappa shape index (κ3) is 3.83. The van der Waals surface area contributed by atoms with Gasteiger partial charge in [-0.1, -0.05) is 32.4 Å². The van der Waals surface area contributed by atoms with Crippen LogP contribution in [0, 0.1) is 5.41 Å². The molecular weight excluding hydrogens is 170 g/mol. The van der Waals surface area contributed by atoms with Crippen LogP contribution in [-0.4, -0.2) is 12.6 Å². The second kappa shape index (κ2) is 4.97. The second-order valence-corrected chi connectivity index (χ2v) is 5.55. The van der Waals surface area contributed by atoms with E-state index in [1.807, 2.05) is 0 Å². The van der Waals surface area contributed by atoms with Crippen molar-refractivity contribution in [2.45, 2.75) is 59.4 Å². The standard InChI is InChI=1S/C13H25N/c1-11(13(2,3)4)14-10-9-12-7-5-6-8-12/h7,11,14H,5-6,8-10H2,1-4H3. The molecule has 0 heterocycles. The van der Waals surface area contributed by atoms with Crippen LogP contribution in [0.4, 0.5) is 0 Å². The monoisotopic (exact) mass is 195 g/mol. The van der Waals surface area contributed by atoms with Gasteiger partial charge in [-0.25, -0.2) is 0 Å². The van der Waals surface area contributed by atoms with Crippen LogP contribution >= 0.6 is 0 Å². The zero-order valence-electron chi connectivity index (χ0n) is 10.2. The van der Waals surface area contributed by atoms with E-state index in [4.69, 9.17) is 0 Å². The van der Waals surface area contributed by atoms with Gasteiger partial charge in [-0.05, 0) is 44.6 Å². The van der Waals surface area contributed by atoms with E-state index in [0.29, 0.717) is 11.5 Å². The maximum Gasteiger partial charge on any atom is 0.00873 e. The van der Waals surface area contributed by atoms with Crippen molar-refractivity contribution in [1.82, 2.24) is 5.32 Å². The molecule has 0 fully saturated rings. The van der Waals surface area contributed by atoms with Crippen molar-refractivity contribution in [3.05, 3.63) is 11.6 Å². The first-order chi connectivity index (χ1) is 6.50. The Bertz CT molecular complexity index is 198. The number of rotatable bonds is 4. The molecule has 0 aromatic rings. The normalized spacial score (nSPS) is 19.6. The van der Waals surface area contributed by atoms with Crippen molar-refractivity contribution in [2.24, 2.45) is 5.41 Å². The fraction of sp³-hybridized carbons (Fsp3) is 0.846. The summed E-state index contributed by atoms with van der Waals surface area (Å²) in [5.74, 6) is 0. The van der Waals surface area contributed by atoms with Crippen LogP contribution in [0.1, 0.15) is 53.4 Å². The summed E-state index contributed by atoms with van der Waals surface area (Å²) in [5, 5.41) is 3.61. The molecule has 14 heavy (non-hydrogen) atoms. The zero-order chi connectivity index (χ0) is 10.6. The van der Waals surface area contributed by atoms with Crippen molar-refractivity contribution in [3.63, 3.8) is 0 Å². The van der Waals surface area contributed by atoms with Crippen molar-refractivity contribution < 1.29 is 0 Å². The molecule has 0 aromatic heterocycles. The number of nitrogens with one attached hydrogen (secondary N) is 1. The van der Waals surface area contributed by atoms with Gasteiger partial charge >= 0.3 is 0 Å². The summed E-state index contributed by atoms with van der Waals surface area (Å²) >= 11 is 0. The Morgan fingerprint density at radius 1 is 1.43 bits per heavy atom. The van der Waals surface area contributed by atoms with E-state index < -0.39 is 0 Å². The molecule has 1 unspecified atom stereocenters. The third-order valence-corrected chi connectivity index (χ3v) is 3.33. The predicted octanol–water partition coefficient (Wildman–Crippen LogP) is 3.51. The smallest absolute Gasteiger partial charge is 0.00873 e. The molecule has 1 nitrogen and oxygen atoms in total. The van der Waals surface area contributed by atoms with Crippen molar-refractivity contribution >= 4 is 0 Å². The molecule has 0 radical (unpaired) electrons. The van der Waals surface area contributed by atoms with Crippen molar-refractivity contribution in [2.75, 3.05) is 6.54 Å². The first kappa shape index (κ1) is 11.8. The van der Waals surface area contributed by atoms with Gasteiger partial charge in [0.25, 0.3) is 0 Å². The molecule has 0 amide bonds. The molecule has 1 atom stereocenters. The van der Waals surface area contributed by atoms with Crippen molar-refractivity contribution in [3.8, 4) is 0 Å². The van der Waals surface area contributed by atoms with Crippen LogP contribution in [0.2, 0.25) is 0 Å². The maximum absolute atomic E-state index is 3.61. The van der Waals surface area contributed by atoms with Gasteiger partial charge in [0.15, 0.2) is 0 Å². The fourth-order valence-electron chi connectivity index (χ4n) is 1.72. The lowest BCUT2D eigenvalue weighted by atomic mass is 9.88. The number of hydrogen-bond acceptors (Lipinski definition) is 1. The lowest BCUT2D eigenvalue weighted by molar-refractivity contribution is 0.288. The van der Waals surface area contributed by atoms with Crippen LogP contribution in [0.3, 0.4) is 0 Å². The van der Waals surface area contributed by atoms with Gasteiger partial charge in [0.1, 0.15) is 0 Å². The van der Waals surface area contributed by atoms with Crippen LogP contribution in [0.15, 0.2) is 11.6 Å². The molecule has 0 spiro atoms. The summed E-state index contributed by atoms with van der Waals surface area (Å²) in [6.45, 7) is 10.3. The minimum atomic E-state index is 0.379. The highest BCUT2D eigenvalue weighted by atomic mass is 14.9. The molecule has 1 heteroatoms. The topological polar surface area (TPSA) is 12.0 Å². The summed E-state index contributed by atoms with van der Waals surface area (Å²) < 4.78 is 0. The van der Waals surface area contributed by atoms with Gasteiger partial charge in [-0.3, -0.25) is 0 Å². The molecule has 0 aliphatic heterocycles. The predicted molar refractivity (Wildman–Crippen MR) is 63.5 cm³/mol. The molecule has 0 saturated carbocycles. The van der Waals surface area contributed by atoms with Gasteiger partial charge in [-0.15, -0.1) is 0 Å². The van der Waals surface area contributed by atoms with E-state index in [9.17, 15) is 0 Å². The van der Waals surface area contributed by atoms with E-state index in [0.717, 1.165) is 6.54 Å². The highest BCUT2D eigenvalue weighted by Crippen LogP contribution is 2.21. The van der Waals surface area contributed by atoms with E-state index in [1.54, 1.807) is 5.57 Å². The largest absolute Gasteiger partial charge is 0.313 e. The molecule has 82 valence electrons. The first-order valence-corrected chi connectivity index (χ1v) is 5.91. The molecular formula is C13H25N. The van der Waals surface area contributed by atoms with Gasteiger partial charge in [0.2, 0.25) is 0 Å². The SMILES string of the molecule is CC(NCCC1=CCCC1)C(C)(C)C. The highest BCUT2D eigenvalue weighted by molar-refractivity contribution is 5.07. The number of hydrogen-bond donors (Lipinski definition) is 1. The molecule has 1 N–H and O–H groups in total. The van der Waals surface area contributed by atoms with Gasteiger partial charge in [-0.2, -0.15) is 0 Å². The minimum Gasteiger partial charge on any atom is -0.313 e. The van der Waals surface area contributed by atoms with E-state index in [1.165, 1.54) is 25.7 Å². The van der Waals surface area contributed by atoms with Gasteiger partial charge in [0, 0.05) is 6.04 Å². The Morgan fingerprint density at radius 3 is 2.64 bits per heavy atom. The summed E-state index contributed by atoms with van der Waals surface area (Å²) in [6, 6.07) is 0.601. The van der Waals surface area contributed by atoms with E-state index in [2.05, 4.69) is 39.1 Å². The molecule has 1 rings (SSSR count). The molecule has 0 aromatic carbocycles. The Labute approximate surface area is 89.0 Å². The zero-order valence-corrected chi connectivity index (χ0v) is 10.2. The summed E-state index contributed by atoms with van der Waals surface area (Å²) in [5.41, 5.74) is 2.04. The Balaban J connectivity index is 2.14. The van der Waals surface area contributed by atoms with Gasteiger partial charge in [0.05, 0.1) is 0 Å². The van der Waals surface area contributed by atoms with Crippen LogP contribution < -0.4 is 5.32 Å². The molecule has 1 aliphatic carbocycles. The average Bonchev–Trinajstić information content (AvgIpc) is 2.55. The van der Waals surface area contributed by atoms with Gasteiger partial charge < -0.3 is 5.32 Å². The van der Waals surface area contributed by atoms with Crippen molar-refractivity contribution in [1.29, 1.82) is 0 Å².